The average Bonchev–Trinajstić information content (AvgIpc) is 3.87. The van der Waals surface area contributed by atoms with E-state index >= 15 is 0 Å². The fourth-order valence-electron chi connectivity index (χ4n) is 11.2. The van der Waals surface area contributed by atoms with Gasteiger partial charge in [-0.15, -0.1) is 0 Å². The molecule has 0 fully saturated rings. The summed E-state index contributed by atoms with van der Waals surface area (Å²) in [7, 11) is 0. The molecule has 1 aromatic heterocycles. The first-order valence-electron chi connectivity index (χ1n) is 21.9. The Morgan fingerprint density at radius 3 is 1.45 bits per heavy atom. The highest BCUT2D eigenvalue weighted by Gasteiger charge is 2.40. The molecule has 0 N–H and O–H groups in total. The number of benzene rings is 9. The first-order valence-corrected chi connectivity index (χ1v) is 21.9. The van der Waals surface area contributed by atoms with E-state index in [1.54, 1.807) is 0 Å². The van der Waals surface area contributed by atoms with Crippen LogP contribution in [0.1, 0.15) is 49.9 Å². The van der Waals surface area contributed by atoms with Crippen LogP contribution < -0.4 is 4.90 Å². The van der Waals surface area contributed by atoms with Gasteiger partial charge in [0.25, 0.3) is 0 Å². The minimum Gasteiger partial charge on any atom is -0.309 e. The fraction of sp³-hybridized carbons (Fsp3) is 0.100. The number of anilines is 3. The maximum absolute atomic E-state index is 2.59. The molecule has 0 saturated heterocycles. The van der Waals surface area contributed by atoms with Gasteiger partial charge < -0.3 is 9.47 Å². The van der Waals surface area contributed by atoms with E-state index in [1.165, 1.54) is 94.3 Å². The van der Waals surface area contributed by atoms with Crippen molar-refractivity contribution in [3.05, 3.63) is 229 Å². The molecule has 1 heterocycles. The largest absolute Gasteiger partial charge is 0.309 e. The summed E-state index contributed by atoms with van der Waals surface area (Å²) in [4.78, 5) is 2.59. The van der Waals surface area contributed by atoms with E-state index in [2.05, 4.69) is 243 Å². The molecule has 0 radical (unpaired) electrons. The topological polar surface area (TPSA) is 8.17 Å². The van der Waals surface area contributed by atoms with Gasteiger partial charge in [0, 0.05) is 44.0 Å². The number of hydrogen-bond donors (Lipinski definition) is 0. The Kier molecular flexibility index (Phi) is 7.96. The van der Waals surface area contributed by atoms with Crippen LogP contribution in [0.4, 0.5) is 17.1 Å². The van der Waals surface area contributed by atoms with E-state index in [0.29, 0.717) is 0 Å². The van der Waals surface area contributed by atoms with Crippen LogP contribution in [-0.4, -0.2) is 4.57 Å². The highest BCUT2D eigenvalue weighted by Crippen LogP contribution is 2.58. The lowest BCUT2D eigenvalue weighted by Gasteiger charge is -2.32. The number of fused-ring (bicyclic) bond motifs is 9. The van der Waals surface area contributed by atoms with Crippen molar-refractivity contribution in [1.82, 2.24) is 4.57 Å². The van der Waals surface area contributed by atoms with Gasteiger partial charge in [0.05, 0.1) is 28.1 Å². The lowest BCUT2D eigenvalue weighted by Crippen LogP contribution is -2.16. The van der Waals surface area contributed by atoms with Gasteiger partial charge in [0.1, 0.15) is 0 Å². The molecule has 0 amide bonds. The van der Waals surface area contributed by atoms with Gasteiger partial charge in [-0.2, -0.15) is 0 Å². The van der Waals surface area contributed by atoms with Crippen molar-refractivity contribution < 1.29 is 0 Å². The summed E-state index contributed by atoms with van der Waals surface area (Å²) in [5.41, 5.74) is 22.3. The zero-order valence-electron chi connectivity index (χ0n) is 35.5. The van der Waals surface area contributed by atoms with E-state index in [-0.39, 0.29) is 10.8 Å². The van der Waals surface area contributed by atoms with Crippen molar-refractivity contribution in [3.63, 3.8) is 0 Å². The van der Waals surface area contributed by atoms with Crippen molar-refractivity contribution in [2.75, 3.05) is 4.90 Å². The zero-order chi connectivity index (χ0) is 41.7. The Balaban J connectivity index is 1.18. The van der Waals surface area contributed by atoms with Crippen molar-refractivity contribution in [2.45, 2.75) is 38.5 Å². The number of rotatable bonds is 6. The quantitative estimate of drug-likeness (QED) is 0.163. The summed E-state index contributed by atoms with van der Waals surface area (Å²) in [6.07, 6.45) is 0. The number of para-hydroxylation sites is 4. The minimum atomic E-state index is -0.160. The molecule has 0 unspecified atom stereocenters. The van der Waals surface area contributed by atoms with Crippen LogP contribution in [0.15, 0.2) is 206 Å². The first-order chi connectivity index (χ1) is 30.3. The third-order valence-electron chi connectivity index (χ3n) is 14.0. The van der Waals surface area contributed by atoms with Crippen LogP contribution in [0.2, 0.25) is 0 Å². The third-order valence-corrected chi connectivity index (χ3v) is 14.0. The monoisotopic (exact) mass is 794 g/mol. The molecule has 9 aromatic carbocycles. The molecule has 2 nitrogen and oxygen atoms in total. The van der Waals surface area contributed by atoms with Crippen molar-refractivity contribution in [3.8, 4) is 50.2 Å². The van der Waals surface area contributed by atoms with Crippen molar-refractivity contribution in [2.24, 2.45) is 0 Å². The SMILES string of the molecule is CC1(C)c2ccccc2-c2c(-c3ccccc3N(c3ccccc3-c3cccc4c3c3ccccc3n4-c3ccccc3)c3cccc4c3-c3ccccc3C4(C)C)cccc21. The van der Waals surface area contributed by atoms with Crippen LogP contribution >= 0.6 is 0 Å². The molecule has 0 saturated carbocycles. The molecule has 62 heavy (non-hydrogen) atoms. The van der Waals surface area contributed by atoms with E-state index in [4.69, 9.17) is 0 Å². The summed E-state index contributed by atoms with van der Waals surface area (Å²) >= 11 is 0. The van der Waals surface area contributed by atoms with E-state index in [0.717, 1.165) is 17.1 Å². The highest BCUT2D eigenvalue weighted by atomic mass is 15.2. The minimum absolute atomic E-state index is 0.115. The number of aromatic nitrogens is 1. The van der Waals surface area contributed by atoms with Crippen LogP contribution in [0, 0.1) is 0 Å². The van der Waals surface area contributed by atoms with E-state index < -0.39 is 0 Å². The molecule has 0 bridgehead atoms. The third kappa shape index (κ3) is 5.10. The summed E-state index contributed by atoms with van der Waals surface area (Å²) in [6.45, 7) is 9.50. The molecule has 2 heteroatoms. The summed E-state index contributed by atoms with van der Waals surface area (Å²) in [6, 6.07) is 76.6. The van der Waals surface area contributed by atoms with Gasteiger partial charge >= 0.3 is 0 Å². The summed E-state index contributed by atoms with van der Waals surface area (Å²) < 4.78 is 2.42. The number of nitrogens with zero attached hydrogens (tertiary/aromatic N) is 2. The van der Waals surface area contributed by atoms with Crippen molar-refractivity contribution in [1.29, 1.82) is 0 Å². The predicted octanol–water partition coefficient (Wildman–Crippen LogP) is 16.2. The molecule has 0 atom stereocenters. The molecule has 0 aliphatic heterocycles. The lowest BCUT2D eigenvalue weighted by molar-refractivity contribution is 0.660. The second-order valence-electron chi connectivity index (χ2n) is 18.0. The highest BCUT2D eigenvalue weighted by molar-refractivity contribution is 6.17. The Hall–Kier alpha value is -7.42. The van der Waals surface area contributed by atoms with Gasteiger partial charge in [-0.05, 0) is 92.5 Å². The Bertz CT molecular complexity index is 3420. The lowest BCUT2D eigenvalue weighted by atomic mass is 9.82. The fourth-order valence-corrected chi connectivity index (χ4v) is 11.2. The molecule has 2 aliphatic rings. The van der Waals surface area contributed by atoms with Gasteiger partial charge in [-0.25, -0.2) is 0 Å². The molecular formula is C60H46N2. The Morgan fingerprint density at radius 2 is 0.758 bits per heavy atom. The van der Waals surface area contributed by atoms with Gasteiger partial charge in [0.2, 0.25) is 0 Å². The molecular weight excluding hydrogens is 749 g/mol. The standard InChI is InChI=1S/C60H46N2/c1-59(2)47-30-13-8-25-44(47)56-42(28-18-32-49(56)59)40-23-10-15-34-51(40)62(55-38-20-33-50-58(55)45-26-9-14-31-48(45)60(50,3)4)52-35-16-11-24-41(52)43-29-19-37-54-57(43)46-27-12-17-36-53(46)61(54)39-21-6-5-7-22-39/h5-38H,1-4H3. The van der Waals surface area contributed by atoms with Crippen LogP contribution in [0.3, 0.4) is 0 Å². The maximum Gasteiger partial charge on any atom is 0.0547 e. The smallest absolute Gasteiger partial charge is 0.0547 e. The Morgan fingerprint density at radius 1 is 0.323 bits per heavy atom. The van der Waals surface area contributed by atoms with E-state index in [9.17, 15) is 0 Å². The van der Waals surface area contributed by atoms with Crippen LogP contribution in [0.5, 0.6) is 0 Å². The molecule has 0 spiro atoms. The van der Waals surface area contributed by atoms with Gasteiger partial charge in [0.15, 0.2) is 0 Å². The molecule has 296 valence electrons. The second kappa shape index (κ2) is 13.5. The summed E-state index contributed by atoms with van der Waals surface area (Å²) in [5.74, 6) is 0. The van der Waals surface area contributed by atoms with Gasteiger partial charge in [-0.1, -0.05) is 191 Å². The van der Waals surface area contributed by atoms with Gasteiger partial charge in [-0.3, -0.25) is 0 Å². The van der Waals surface area contributed by atoms with E-state index in [1.807, 2.05) is 0 Å². The second-order valence-corrected chi connectivity index (χ2v) is 18.0. The van der Waals surface area contributed by atoms with Crippen LogP contribution in [-0.2, 0) is 10.8 Å². The molecule has 10 aromatic rings. The van der Waals surface area contributed by atoms with Crippen molar-refractivity contribution >= 4 is 38.9 Å². The molecule has 2 aliphatic carbocycles. The predicted molar refractivity (Wildman–Crippen MR) is 261 cm³/mol. The maximum atomic E-state index is 2.59. The number of hydrogen-bond acceptors (Lipinski definition) is 1. The average molecular weight is 795 g/mol. The van der Waals surface area contributed by atoms with Crippen LogP contribution in [0.25, 0.3) is 72.0 Å². The zero-order valence-corrected chi connectivity index (χ0v) is 35.5. The normalized spacial score (nSPS) is 14.1. The molecule has 12 rings (SSSR count). The first kappa shape index (κ1) is 36.4. The summed E-state index contributed by atoms with van der Waals surface area (Å²) in [5, 5.41) is 2.48. The Labute approximate surface area is 364 Å².